The predicted molar refractivity (Wildman–Crippen MR) is 72.7 cm³/mol. The molecule has 1 aromatic heterocycles. The smallest absolute Gasteiger partial charge is 0.267 e. The summed E-state index contributed by atoms with van der Waals surface area (Å²) in [5.74, 6) is 1.12. The van der Waals surface area contributed by atoms with Gasteiger partial charge < -0.3 is 15.4 Å². The summed E-state index contributed by atoms with van der Waals surface area (Å²) >= 11 is 3.26. The molecule has 2 atom stereocenters. The van der Waals surface area contributed by atoms with Gasteiger partial charge in [-0.1, -0.05) is 6.92 Å². The third-order valence-electron chi connectivity index (χ3n) is 3.00. The highest BCUT2D eigenvalue weighted by molar-refractivity contribution is 9.10. The number of carbonyl (C=O) groups is 1. The molecule has 18 heavy (non-hydrogen) atoms. The highest BCUT2D eigenvalue weighted by Crippen LogP contribution is 2.31. The number of rotatable bonds is 4. The van der Waals surface area contributed by atoms with Crippen molar-refractivity contribution in [3.05, 3.63) is 16.7 Å². The lowest BCUT2D eigenvalue weighted by atomic mass is 9.97. The van der Waals surface area contributed by atoms with E-state index >= 15 is 0 Å². The van der Waals surface area contributed by atoms with Gasteiger partial charge >= 0.3 is 0 Å². The van der Waals surface area contributed by atoms with Crippen LogP contribution in [0, 0.1) is 5.92 Å². The molecule has 2 unspecified atom stereocenters. The van der Waals surface area contributed by atoms with E-state index in [1.807, 2.05) is 20.0 Å². The average Bonchev–Trinajstić information content (AvgIpc) is 2.35. The Labute approximate surface area is 114 Å². The van der Waals surface area contributed by atoms with E-state index in [9.17, 15) is 4.79 Å². The fourth-order valence-corrected chi connectivity index (χ4v) is 2.33. The maximum atomic E-state index is 12.0. The van der Waals surface area contributed by atoms with Crippen LogP contribution in [-0.4, -0.2) is 30.6 Å². The minimum Gasteiger partial charge on any atom is -0.476 e. The number of nitrogens with one attached hydrogen (secondary N) is 2. The van der Waals surface area contributed by atoms with Crippen molar-refractivity contribution in [2.24, 2.45) is 5.92 Å². The molecular formula is C12H16BrN3O2. The van der Waals surface area contributed by atoms with Crippen LogP contribution in [0.3, 0.4) is 0 Å². The summed E-state index contributed by atoms with van der Waals surface area (Å²) in [6, 6.07) is 3.61. The zero-order valence-electron chi connectivity index (χ0n) is 10.4. The van der Waals surface area contributed by atoms with Gasteiger partial charge in [-0.05, 0) is 41.5 Å². The molecule has 0 bridgehead atoms. The molecule has 1 aliphatic rings. The minimum atomic E-state index is -0.460. The van der Waals surface area contributed by atoms with Crippen LogP contribution >= 0.6 is 15.9 Å². The third-order valence-corrected chi connectivity index (χ3v) is 3.44. The number of anilines is 1. The Bertz CT molecular complexity index is 453. The third kappa shape index (κ3) is 2.64. The van der Waals surface area contributed by atoms with Gasteiger partial charge in [-0.2, -0.15) is 0 Å². The van der Waals surface area contributed by atoms with Crippen molar-refractivity contribution >= 4 is 27.7 Å². The van der Waals surface area contributed by atoms with Crippen molar-refractivity contribution in [1.29, 1.82) is 0 Å². The van der Waals surface area contributed by atoms with Gasteiger partial charge in [0.25, 0.3) is 5.91 Å². The van der Waals surface area contributed by atoms with E-state index in [4.69, 9.17) is 4.74 Å². The predicted octanol–water partition coefficient (Wildman–Crippen LogP) is 1.79. The summed E-state index contributed by atoms with van der Waals surface area (Å²) in [6.45, 7) is 2.79. The van der Waals surface area contributed by atoms with Crippen molar-refractivity contribution in [1.82, 2.24) is 10.3 Å². The summed E-state index contributed by atoms with van der Waals surface area (Å²) in [7, 11) is 1.87. The minimum absolute atomic E-state index is 0.129. The van der Waals surface area contributed by atoms with E-state index in [2.05, 4.69) is 31.5 Å². The van der Waals surface area contributed by atoms with Crippen LogP contribution in [-0.2, 0) is 4.79 Å². The average molecular weight is 314 g/mol. The highest BCUT2D eigenvalue weighted by atomic mass is 79.9. The molecular weight excluding hydrogens is 298 g/mol. The molecule has 0 saturated carbocycles. The van der Waals surface area contributed by atoms with Gasteiger partial charge in [0.1, 0.15) is 4.60 Å². The summed E-state index contributed by atoms with van der Waals surface area (Å²) in [4.78, 5) is 16.2. The maximum Gasteiger partial charge on any atom is 0.267 e. The number of aromatic nitrogens is 1. The Morgan fingerprint density at radius 3 is 3.06 bits per heavy atom. The van der Waals surface area contributed by atoms with Crippen molar-refractivity contribution in [2.75, 3.05) is 18.9 Å². The van der Waals surface area contributed by atoms with Gasteiger partial charge in [-0.3, -0.25) is 4.79 Å². The number of fused-ring (bicyclic) bond motifs is 1. The van der Waals surface area contributed by atoms with Crippen LogP contribution in [0.1, 0.15) is 13.3 Å². The van der Waals surface area contributed by atoms with E-state index in [0.717, 1.165) is 13.0 Å². The van der Waals surface area contributed by atoms with Gasteiger partial charge in [0.2, 0.25) is 0 Å². The van der Waals surface area contributed by atoms with E-state index in [1.54, 1.807) is 6.07 Å². The van der Waals surface area contributed by atoms with E-state index in [0.29, 0.717) is 16.2 Å². The van der Waals surface area contributed by atoms with Crippen molar-refractivity contribution in [3.8, 4) is 5.75 Å². The lowest BCUT2D eigenvalue weighted by molar-refractivity contribution is -0.126. The van der Waals surface area contributed by atoms with E-state index in [1.165, 1.54) is 0 Å². The van der Waals surface area contributed by atoms with Gasteiger partial charge in [0.15, 0.2) is 17.7 Å². The zero-order valence-corrected chi connectivity index (χ0v) is 12.0. The number of amides is 1. The summed E-state index contributed by atoms with van der Waals surface area (Å²) in [5, 5.41) is 5.88. The number of halogens is 1. The molecule has 0 radical (unpaired) electrons. The molecule has 1 aromatic rings. The second-order valence-corrected chi connectivity index (χ2v) is 5.05. The first-order valence-corrected chi connectivity index (χ1v) is 6.73. The fraction of sp³-hybridized carbons (Fsp3) is 0.500. The summed E-state index contributed by atoms with van der Waals surface area (Å²) in [6.07, 6.45) is 0.413. The number of hydrogen-bond acceptors (Lipinski definition) is 4. The number of ether oxygens (including phenoxy) is 1. The van der Waals surface area contributed by atoms with Crippen molar-refractivity contribution < 1.29 is 9.53 Å². The molecule has 2 N–H and O–H groups in total. The van der Waals surface area contributed by atoms with E-state index < -0.39 is 6.10 Å². The Kier molecular flexibility index (Phi) is 4.19. The fourth-order valence-electron chi connectivity index (χ4n) is 2.02. The maximum absolute atomic E-state index is 12.0. The van der Waals surface area contributed by atoms with Gasteiger partial charge in [0, 0.05) is 12.5 Å². The lowest BCUT2D eigenvalue weighted by Gasteiger charge is -2.30. The molecule has 98 valence electrons. The standard InChI is InChI=1S/C12H16BrN3O2/c1-3-7(6-14-2)10-12(17)16-11-8(18-10)4-5-9(13)15-11/h4-5,7,10,14H,3,6H2,1-2H3,(H,15,16,17). The van der Waals surface area contributed by atoms with Crippen LogP contribution in [0.25, 0.3) is 0 Å². The number of pyridine rings is 1. The van der Waals surface area contributed by atoms with Crippen LogP contribution < -0.4 is 15.4 Å². The molecule has 6 heteroatoms. The molecule has 5 nitrogen and oxygen atoms in total. The van der Waals surface area contributed by atoms with Gasteiger partial charge in [-0.25, -0.2) is 4.98 Å². The molecule has 0 aromatic carbocycles. The molecule has 0 saturated heterocycles. The van der Waals surface area contributed by atoms with Crippen molar-refractivity contribution in [2.45, 2.75) is 19.4 Å². The quantitative estimate of drug-likeness (QED) is 0.832. The first-order chi connectivity index (χ1) is 8.65. The summed E-state index contributed by atoms with van der Waals surface area (Å²) in [5.41, 5.74) is 0. The lowest BCUT2D eigenvalue weighted by Crippen LogP contribution is -2.45. The first-order valence-electron chi connectivity index (χ1n) is 5.94. The van der Waals surface area contributed by atoms with E-state index in [-0.39, 0.29) is 11.8 Å². The second kappa shape index (κ2) is 5.67. The SMILES string of the molecule is CCC(CNC)C1Oc2ccc(Br)nc2NC1=O. The van der Waals surface area contributed by atoms with Gasteiger partial charge in [0.05, 0.1) is 0 Å². The molecule has 0 aliphatic carbocycles. The van der Waals surface area contributed by atoms with Crippen LogP contribution in [0.5, 0.6) is 5.75 Å². The van der Waals surface area contributed by atoms with Crippen LogP contribution in [0.2, 0.25) is 0 Å². The molecule has 2 heterocycles. The summed E-state index contributed by atoms with van der Waals surface area (Å²) < 4.78 is 6.44. The monoisotopic (exact) mass is 313 g/mol. The second-order valence-electron chi connectivity index (χ2n) is 4.23. The van der Waals surface area contributed by atoms with Crippen LogP contribution in [0.15, 0.2) is 16.7 Å². The number of hydrogen-bond donors (Lipinski definition) is 2. The molecule has 0 fully saturated rings. The normalized spacial score (nSPS) is 19.7. The largest absolute Gasteiger partial charge is 0.476 e. The van der Waals surface area contributed by atoms with Crippen LogP contribution in [0.4, 0.5) is 5.82 Å². The Hall–Kier alpha value is -1.14. The molecule has 1 amide bonds. The number of nitrogens with zero attached hydrogens (tertiary/aromatic N) is 1. The molecule has 0 spiro atoms. The Balaban J connectivity index is 2.22. The van der Waals surface area contributed by atoms with Crippen molar-refractivity contribution in [3.63, 3.8) is 0 Å². The molecule has 1 aliphatic heterocycles. The Morgan fingerprint density at radius 2 is 2.39 bits per heavy atom. The zero-order chi connectivity index (χ0) is 13.1. The topological polar surface area (TPSA) is 63.2 Å². The highest BCUT2D eigenvalue weighted by Gasteiger charge is 2.34. The first kappa shape index (κ1) is 13.3. The number of carbonyl (C=O) groups excluding carboxylic acids is 1. The Morgan fingerprint density at radius 1 is 1.61 bits per heavy atom. The molecule has 2 rings (SSSR count). The van der Waals surface area contributed by atoms with Gasteiger partial charge in [-0.15, -0.1) is 0 Å².